The Morgan fingerprint density at radius 2 is 2.06 bits per heavy atom. The molecule has 0 aliphatic rings. The average Bonchev–Trinajstić information content (AvgIpc) is 2.64. The van der Waals surface area contributed by atoms with Crippen LogP contribution in [-0.2, 0) is 11.3 Å². The molecule has 0 bridgehead atoms. The number of hydrogen-bond acceptors (Lipinski definition) is 3. The standard InChI is InChI=1S/C13H13NO3S/c1-8-3-4-10(5-9(8)2)11-7-18-13(17)14(11)6-12(15)16/h3-5,7H,6H2,1-2H3,(H,15,16). The van der Waals surface area contributed by atoms with Crippen molar-refractivity contribution in [1.29, 1.82) is 0 Å². The van der Waals surface area contributed by atoms with Gasteiger partial charge in [-0.1, -0.05) is 23.5 Å². The third-order valence-electron chi connectivity index (χ3n) is 2.88. The quantitative estimate of drug-likeness (QED) is 0.924. The van der Waals surface area contributed by atoms with Crippen molar-refractivity contribution in [2.45, 2.75) is 20.4 Å². The van der Waals surface area contributed by atoms with Gasteiger partial charge in [0.2, 0.25) is 0 Å². The first-order valence-electron chi connectivity index (χ1n) is 5.47. The fraction of sp³-hybridized carbons (Fsp3) is 0.231. The van der Waals surface area contributed by atoms with Crippen molar-refractivity contribution in [3.05, 3.63) is 44.4 Å². The van der Waals surface area contributed by atoms with E-state index < -0.39 is 5.97 Å². The van der Waals surface area contributed by atoms with E-state index in [1.54, 1.807) is 5.38 Å². The summed E-state index contributed by atoms with van der Waals surface area (Å²) in [5, 5.41) is 10.5. The van der Waals surface area contributed by atoms with Crippen LogP contribution in [0, 0.1) is 13.8 Å². The fourth-order valence-electron chi connectivity index (χ4n) is 1.74. The number of hydrogen-bond donors (Lipinski definition) is 1. The van der Waals surface area contributed by atoms with E-state index in [4.69, 9.17) is 5.11 Å². The first-order chi connectivity index (χ1) is 8.49. The van der Waals surface area contributed by atoms with Crippen LogP contribution in [0.3, 0.4) is 0 Å². The lowest BCUT2D eigenvalue weighted by molar-refractivity contribution is -0.137. The molecule has 0 amide bonds. The minimum absolute atomic E-state index is 0.245. The van der Waals surface area contributed by atoms with Crippen molar-refractivity contribution in [2.75, 3.05) is 0 Å². The summed E-state index contributed by atoms with van der Waals surface area (Å²) in [5.74, 6) is -1.01. The molecule has 1 aromatic carbocycles. The SMILES string of the molecule is Cc1ccc(-c2csc(=O)n2CC(=O)O)cc1C. The molecule has 2 rings (SSSR count). The van der Waals surface area contributed by atoms with Gasteiger partial charge in [-0.25, -0.2) is 0 Å². The summed E-state index contributed by atoms with van der Waals surface area (Å²) in [5.41, 5.74) is 3.82. The Hall–Kier alpha value is -1.88. The van der Waals surface area contributed by atoms with Gasteiger partial charge in [-0.2, -0.15) is 0 Å². The minimum atomic E-state index is -1.01. The van der Waals surface area contributed by atoms with Crippen LogP contribution in [0.4, 0.5) is 0 Å². The second-order valence-electron chi connectivity index (χ2n) is 4.17. The van der Waals surface area contributed by atoms with Crippen molar-refractivity contribution >= 4 is 17.3 Å². The smallest absolute Gasteiger partial charge is 0.323 e. The van der Waals surface area contributed by atoms with E-state index in [1.165, 1.54) is 10.1 Å². The molecule has 1 N–H and O–H groups in total. The molecule has 0 saturated carbocycles. The zero-order valence-corrected chi connectivity index (χ0v) is 11.0. The maximum Gasteiger partial charge on any atom is 0.323 e. The number of benzene rings is 1. The topological polar surface area (TPSA) is 59.3 Å². The summed E-state index contributed by atoms with van der Waals surface area (Å²) in [6.45, 7) is 3.70. The Kier molecular flexibility index (Phi) is 3.34. The number of thiazole rings is 1. The highest BCUT2D eigenvalue weighted by atomic mass is 32.1. The molecule has 0 fully saturated rings. The van der Waals surface area contributed by atoms with Crippen molar-refractivity contribution in [1.82, 2.24) is 4.57 Å². The van der Waals surface area contributed by atoms with Crippen LogP contribution in [0.5, 0.6) is 0 Å². The normalized spacial score (nSPS) is 10.6. The lowest BCUT2D eigenvalue weighted by atomic mass is 10.0. The van der Waals surface area contributed by atoms with Crippen LogP contribution in [-0.4, -0.2) is 15.6 Å². The zero-order valence-electron chi connectivity index (χ0n) is 10.1. The molecule has 94 valence electrons. The van der Waals surface area contributed by atoms with Crippen LogP contribution in [0.2, 0.25) is 0 Å². The van der Waals surface area contributed by atoms with Gasteiger partial charge >= 0.3 is 10.8 Å². The van der Waals surface area contributed by atoms with Crippen molar-refractivity contribution in [3.63, 3.8) is 0 Å². The van der Waals surface area contributed by atoms with E-state index in [2.05, 4.69) is 0 Å². The molecule has 0 saturated heterocycles. The number of carbonyl (C=O) groups is 1. The highest BCUT2D eigenvalue weighted by Gasteiger charge is 2.12. The van der Waals surface area contributed by atoms with Crippen molar-refractivity contribution in [2.24, 2.45) is 0 Å². The summed E-state index contributed by atoms with van der Waals surface area (Å²) in [4.78, 5) is 22.1. The van der Waals surface area contributed by atoms with E-state index in [0.29, 0.717) is 5.69 Å². The number of aryl methyl sites for hydroxylation is 2. The fourth-order valence-corrected chi connectivity index (χ4v) is 2.51. The van der Waals surface area contributed by atoms with Crippen LogP contribution in [0.1, 0.15) is 11.1 Å². The number of aromatic nitrogens is 1. The zero-order chi connectivity index (χ0) is 13.3. The Morgan fingerprint density at radius 3 is 2.67 bits per heavy atom. The Bertz CT molecular complexity index is 654. The second-order valence-corrected chi connectivity index (χ2v) is 4.99. The van der Waals surface area contributed by atoms with Gasteiger partial charge in [0.15, 0.2) is 0 Å². The van der Waals surface area contributed by atoms with Gasteiger partial charge in [0.1, 0.15) is 6.54 Å². The van der Waals surface area contributed by atoms with Crippen LogP contribution in [0.25, 0.3) is 11.3 Å². The molecule has 0 unspecified atom stereocenters. The van der Waals surface area contributed by atoms with Gasteiger partial charge in [0.25, 0.3) is 0 Å². The number of nitrogens with zero attached hydrogens (tertiary/aromatic N) is 1. The summed E-state index contributed by atoms with van der Waals surface area (Å²) >= 11 is 1.02. The lowest BCUT2D eigenvalue weighted by Gasteiger charge is -2.07. The predicted molar refractivity (Wildman–Crippen MR) is 71.1 cm³/mol. The molecule has 1 heterocycles. The van der Waals surface area contributed by atoms with Gasteiger partial charge in [0.05, 0.1) is 5.69 Å². The Morgan fingerprint density at radius 1 is 1.33 bits per heavy atom. The number of carboxylic acid groups (broad SMARTS) is 1. The lowest BCUT2D eigenvalue weighted by Crippen LogP contribution is -2.19. The number of aliphatic carboxylic acids is 1. The van der Waals surface area contributed by atoms with Crippen molar-refractivity contribution in [3.8, 4) is 11.3 Å². The molecule has 0 radical (unpaired) electrons. The summed E-state index contributed by atoms with van der Waals surface area (Å²) in [6.07, 6.45) is 0. The largest absolute Gasteiger partial charge is 0.480 e. The van der Waals surface area contributed by atoms with Crippen molar-refractivity contribution < 1.29 is 9.90 Å². The first-order valence-corrected chi connectivity index (χ1v) is 6.35. The van der Waals surface area contributed by atoms with Gasteiger partial charge < -0.3 is 5.11 Å². The average molecular weight is 263 g/mol. The van der Waals surface area contributed by atoms with Gasteiger partial charge in [0, 0.05) is 5.38 Å². The molecular weight excluding hydrogens is 250 g/mol. The molecule has 0 aliphatic carbocycles. The van der Waals surface area contributed by atoms with Gasteiger partial charge in [-0.15, -0.1) is 0 Å². The molecule has 18 heavy (non-hydrogen) atoms. The molecule has 0 atom stereocenters. The molecule has 0 spiro atoms. The van der Waals surface area contributed by atoms with E-state index in [9.17, 15) is 9.59 Å². The molecule has 2 aromatic rings. The maximum atomic E-state index is 11.6. The Labute approximate surface area is 108 Å². The van der Waals surface area contributed by atoms with E-state index >= 15 is 0 Å². The second kappa shape index (κ2) is 4.78. The molecule has 5 heteroatoms. The molecule has 4 nitrogen and oxygen atoms in total. The summed E-state index contributed by atoms with van der Waals surface area (Å²) in [6, 6.07) is 5.84. The minimum Gasteiger partial charge on any atom is -0.480 e. The van der Waals surface area contributed by atoms with E-state index in [1.807, 2.05) is 32.0 Å². The number of carboxylic acids is 1. The third-order valence-corrected chi connectivity index (χ3v) is 3.64. The van der Waals surface area contributed by atoms with Gasteiger partial charge in [-0.05, 0) is 36.6 Å². The molecule has 1 aromatic heterocycles. The molecular formula is C13H13NO3S. The highest BCUT2D eigenvalue weighted by molar-refractivity contribution is 7.07. The predicted octanol–water partition coefficient (Wildman–Crippen LogP) is 2.28. The summed E-state index contributed by atoms with van der Waals surface area (Å²) < 4.78 is 1.29. The van der Waals surface area contributed by atoms with E-state index in [0.717, 1.165) is 22.5 Å². The first kappa shape index (κ1) is 12.6. The van der Waals surface area contributed by atoms with E-state index in [-0.39, 0.29) is 11.4 Å². The monoisotopic (exact) mass is 263 g/mol. The maximum absolute atomic E-state index is 11.6. The number of rotatable bonds is 3. The third kappa shape index (κ3) is 2.36. The Balaban J connectivity index is 2.53. The van der Waals surface area contributed by atoms with Crippen LogP contribution in [0.15, 0.2) is 28.4 Å². The van der Waals surface area contributed by atoms with Crippen LogP contribution >= 0.6 is 11.3 Å². The van der Waals surface area contributed by atoms with Crippen LogP contribution < -0.4 is 4.87 Å². The summed E-state index contributed by atoms with van der Waals surface area (Å²) in [7, 11) is 0. The highest BCUT2D eigenvalue weighted by Crippen LogP contribution is 2.22. The van der Waals surface area contributed by atoms with Gasteiger partial charge in [-0.3, -0.25) is 14.2 Å². The molecule has 0 aliphatic heterocycles.